The summed E-state index contributed by atoms with van der Waals surface area (Å²) < 4.78 is 24.7. The molecule has 0 aliphatic carbocycles. The molecule has 0 N–H and O–H groups in total. The second kappa shape index (κ2) is 5.11. The number of amides is 1. The molecule has 82 valence electrons. The average molecular weight is 231 g/mol. The van der Waals surface area contributed by atoms with Gasteiger partial charge < -0.3 is 4.90 Å². The van der Waals surface area contributed by atoms with Crippen LogP contribution in [0.3, 0.4) is 0 Å². The van der Waals surface area contributed by atoms with E-state index in [2.05, 4.69) is 0 Å². The summed E-state index contributed by atoms with van der Waals surface area (Å²) in [6.07, 6.45) is -2.50. The largest absolute Gasteiger partial charge is 0.339 e. The van der Waals surface area contributed by atoms with E-state index >= 15 is 0 Å². The topological polar surface area (TPSA) is 20.3 Å². The quantitative estimate of drug-likeness (QED) is 0.727. The monoisotopic (exact) mass is 231 g/mol. The van der Waals surface area contributed by atoms with Crippen molar-refractivity contribution in [3.05, 3.63) is 29.8 Å². The van der Waals surface area contributed by atoms with Gasteiger partial charge in [-0.1, -0.05) is 12.1 Å². The zero-order chi connectivity index (χ0) is 11.4. The van der Waals surface area contributed by atoms with Gasteiger partial charge in [-0.15, -0.1) is 0 Å². The normalized spacial score (nSPS) is 10.5. The van der Waals surface area contributed by atoms with Crippen molar-refractivity contribution >= 4 is 17.0 Å². The van der Waals surface area contributed by atoms with Gasteiger partial charge in [-0.2, -0.15) is 0 Å². The third-order valence-corrected chi connectivity index (χ3v) is 2.71. The first kappa shape index (κ1) is 12.0. The minimum absolute atomic E-state index is 0.0634. The van der Waals surface area contributed by atoms with Gasteiger partial charge in [0.2, 0.25) is 0 Å². The van der Waals surface area contributed by atoms with E-state index in [4.69, 9.17) is 0 Å². The van der Waals surface area contributed by atoms with Gasteiger partial charge in [-0.3, -0.25) is 4.79 Å². The van der Waals surface area contributed by atoms with Crippen molar-refractivity contribution in [2.75, 3.05) is 14.1 Å². The first-order chi connectivity index (χ1) is 7.00. The molecule has 0 saturated heterocycles. The predicted octanol–water partition coefficient (Wildman–Crippen LogP) is 3.40. The zero-order valence-corrected chi connectivity index (χ0v) is 9.22. The Hall–Kier alpha value is -1.10. The van der Waals surface area contributed by atoms with Gasteiger partial charge in [0.05, 0.1) is 0 Å². The van der Waals surface area contributed by atoms with Crippen LogP contribution in [0.4, 0.5) is 13.6 Å². The number of carbonyl (C=O) groups is 1. The average Bonchev–Trinajstić information content (AvgIpc) is 2.18. The van der Waals surface area contributed by atoms with Crippen LogP contribution in [0.15, 0.2) is 29.2 Å². The summed E-state index contributed by atoms with van der Waals surface area (Å²) in [5.41, 5.74) is -0.0634. The maximum absolute atomic E-state index is 12.3. The lowest BCUT2D eigenvalue weighted by atomic mass is 10.2. The highest BCUT2D eigenvalue weighted by molar-refractivity contribution is 8.13. The molecule has 1 aromatic rings. The van der Waals surface area contributed by atoms with E-state index in [0.717, 1.165) is 11.8 Å². The van der Waals surface area contributed by atoms with Crippen LogP contribution in [0.2, 0.25) is 0 Å². The van der Waals surface area contributed by atoms with Crippen molar-refractivity contribution in [3.8, 4) is 0 Å². The van der Waals surface area contributed by atoms with E-state index in [9.17, 15) is 13.6 Å². The molecule has 2 nitrogen and oxygen atoms in total. The summed E-state index contributed by atoms with van der Waals surface area (Å²) in [6.45, 7) is 0. The second-order valence-electron chi connectivity index (χ2n) is 3.14. The predicted molar refractivity (Wildman–Crippen MR) is 56.3 cm³/mol. The molecule has 15 heavy (non-hydrogen) atoms. The standard InChI is InChI=1S/C10H11F2NOS/c1-13(2)10(14)15-8-5-3-4-7(6-8)9(11)12/h3-6,9H,1-2H3. The Morgan fingerprint density at radius 3 is 2.60 bits per heavy atom. The van der Waals surface area contributed by atoms with Gasteiger partial charge in [-0.25, -0.2) is 8.78 Å². The molecule has 0 atom stereocenters. The summed E-state index contributed by atoms with van der Waals surface area (Å²) in [5, 5.41) is -0.179. The third-order valence-electron chi connectivity index (χ3n) is 1.68. The molecule has 0 bridgehead atoms. The maximum atomic E-state index is 12.3. The number of nitrogens with zero attached hydrogens (tertiary/aromatic N) is 1. The summed E-state index contributed by atoms with van der Waals surface area (Å²) in [4.78, 5) is 13.2. The van der Waals surface area contributed by atoms with Crippen LogP contribution in [-0.4, -0.2) is 24.2 Å². The zero-order valence-electron chi connectivity index (χ0n) is 8.41. The number of hydrogen-bond acceptors (Lipinski definition) is 2. The smallest absolute Gasteiger partial charge is 0.285 e. The van der Waals surface area contributed by atoms with Crippen molar-refractivity contribution in [1.29, 1.82) is 0 Å². The van der Waals surface area contributed by atoms with Gasteiger partial charge in [0.1, 0.15) is 0 Å². The van der Waals surface area contributed by atoms with Gasteiger partial charge in [0, 0.05) is 24.6 Å². The van der Waals surface area contributed by atoms with Crippen LogP contribution in [0.5, 0.6) is 0 Å². The van der Waals surface area contributed by atoms with Gasteiger partial charge >= 0.3 is 0 Å². The van der Waals surface area contributed by atoms with Gasteiger partial charge in [-0.05, 0) is 23.9 Å². The molecule has 0 saturated carbocycles. The molecular weight excluding hydrogens is 220 g/mol. The Morgan fingerprint density at radius 1 is 1.40 bits per heavy atom. The Bertz CT molecular complexity index is 355. The summed E-state index contributed by atoms with van der Waals surface area (Å²) in [5.74, 6) is 0. The lowest BCUT2D eigenvalue weighted by molar-refractivity contribution is 0.151. The van der Waals surface area contributed by atoms with E-state index in [1.54, 1.807) is 20.2 Å². The number of halogens is 2. The highest BCUT2D eigenvalue weighted by Gasteiger charge is 2.10. The van der Waals surface area contributed by atoms with Crippen LogP contribution in [0.1, 0.15) is 12.0 Å². The van der Waals surface area contributed by atoms with Crippen LogP contribution in [-0.2, 0) is 0 Å². The van der Waals surface area contributed by atoms with Crippen LogP contribution >= 0.6 is 11.8 Å². The molecule has 1 amide bonds. The minimum Gasteiger partial charge on any atom is -0.339 e. The third kappa shape index (κ3) is 3.51. The number of benzene rings is 1. The molecule has 0 radical (unpaired) electrons. The van der Waals surface area contributed by atoms with Gasteiger partial charge in [0.25, 0.3) is 11.7 Å². The molecule has 5 heteroatoms. The van der Waals surface area contributed by atoms with E-state index in [1.807, 2.05) is 0 Å². The number of hydrogen-bond donors (Lipinski definition) is 0. The Kier molecular flexibility index (Phi) is 4.08. The molecule has 0 spiro atoms. The van der Waals surface area contributed by atoms with E-state index in [1.165, 1.54) is 23.1 Å². The first-order valence-electron chi connectivity index (χ1n) is 4.28. The summed E-state index contributed by atoms with van der Waals surface area (Å²) in [7, 11) is 3.23. The molecule has 1 rings (SSSR count). The summed E-state index contributed by atoms with van der Waals surface area (Å²) >= 11 is 0.937. The van der Waals surface area contributed by atoms with Crippen molar-refractivity contribution in [1.82, 2.24) is 4.90 Å². The highest BCUT2D eigenvalue weighted by atomic mass is 32.2. The number of carbonyl (C=O) groups excluding carboxylic acids is 1. The lowest BCUT2D eigenvalue weighted by Gasteiger charge is -2.09. The van der Waals surface area contributed by atoms with E-state index in [-0.39, 0.29) is 10.8 Å². The Balaban J connectivity index is 2.78. The second-order valence-corrected chi connectivity index (χ2v) is 4.16. The lowest BCUT2D eigenvalue weighted by Crippen LogP contribution is -2.15. The molecule has 0 aliphatic rings. The van der Waals surface area contributed by atoms with Gasteiger partial charge in [0.15, 0.2) is 0 Å². The first-order valence-corrected chi connectivity index (χ1v) is 5.09. The SMILES string of the molecule is CN(C)C(=O)Sc1cccc(C(F)F)c1. The van der Waals surface area contributed by atoms with E-state index in [0.29, 0.717) is 4.90 Å². The highest BCUT2D eigenvalue weighted by Crippen LogP contribution is 2.26. The minimum atomic E-state index is -2.50. The fourth-order valence-corrected chi connectivity index (χ4v) is 1.63. The fourth-order valence-electron chi connectivity index (χ4n) is 0.906. The van der Waals surface area contributed by atoms with Crippen LogP contribution in [0.25, 0.3) is 0 Å². The van der Waals surface area contributed by atoms with Crippen LogP contribution in [0, 0.1) is 0 Å². The maximum Gasteiger partial charge on any atom is 0.285 e. The molecule has 0 fully saturated rings. The number of rotatable bonds is 2. The van der Waals surface area contributed by atoms with Crippen molar-refractivity contribution in [2.24, 2.45) is 0 Å². The fraction of sp³-hybridized carbons (Fsp3) is 0.300. The Morgan fingerprint density at radius 2 is 2.07 bits per heavy atom. The summed E-state index contributed by atoms with van der Waals surface area (Å²) in [6, 6.07) is 5.83. The van der Waals surface area contributed by atoms with Crippen molar-refractivity contribution in [3.63, 3.8) is 0 Å². The molecule has 0 heterocycles. The molecular formula is C10H11F2NOS. The molecule has 0 aromatic heterocycles. The number of alkyl halides is 2. The van der Waals surface area contributed by atoms with Crippen molar-refractivity contribution in [2.45, 2.75) is 11.3 Å². The Labute approximate surface area is 91.3 Å². The number of thioether (sulfide) groups is 1. The molecule has 0 aliphatic heterocycles. The van der Waals surface area contributed by atoms with Crippen LogP contribution < -0.4 is 0 Å². The van der Waals surface area contributed by atoms with E-state index < -0.39 is 6.43 Å². The molecule has 1 aromatic carbocycles. The van der Waals surface area contributed by atoms with Crippen molar-refractivity contribution < 1.29 is 13.6 Å². The molecule has 0 unspecified atom stereocenters.